The van der Waals surface area contributed by atoms with E-state index in [0.717, 1.165) is 17.0 Å². The molecule has 0 saturated carbocycles. The van der Waals surface area contributed by atoms with Crippen molar-refractivity contribution in [2.24, 2.45) is 5.10 Å². The Hall–Kier alpha value is -2.13. The molecule has 0 spiro atoms. The number of methoxy groups -OCH3 is 1. The third-order valence-electron chi connectivity index (χ3n) is 2.98. The number of halogens is 1. The number of hydrogen-bond donors (Lipinski definition) is 3. The van der Waals surface area contributed by atoms with Gasteiger partial charge in [0.15, 0.2) is 11.5 Å². The molecule has 0 atom stereocenters. The number of nitrogens with one attached hydrogen (secondary N) is 2. The van der Waals surface area contributed by atoms with Crippen molar-refractivity contribution in [2.75, 3.05) is 12.8 Å². The van der Waals surface area contributed by atoms with Crippen LogP contribution in [0.5, 0.6) is 11.5 Å². The van der Waals surface area contributed by atoms with Gasteiger partial charge in [-0.2, -0.15) is 5.10 Å². The number of nitrogens with two attached hydrogens (primary N) is 1. The van der Waals surface area contributed by atoms with Gasteiger partial charge >= 0.3 is 5.13 Å². The first kappa shape index (κ1) is 17.2. The van der Waals surface area contributed by atoms with Gasteiger partial charge in [0, 0.05) is 16.5 Å². The number of amides is 1. The van der Waals surface area contributed by atoms with Gasteiger partial charge in [0.25, 0.3) is 5.91 Å². The molecule has 9 heteroatoms. The fourth-order valence-corrected chi connectivity index (χ4v) is 3.20. The molecule has 0 fully saturated rings. The number of carbonyl (C=O) groups is 1. The van der Waals surface area contributed by atoms with Gasteiger partial charge in [-0.25, -0.2) is 10.4 Å². The van der Waals surface area contributed by atoms with Crippen molar-refractivity contribution >= 4 is 44.5 Å². The molecule has 5 N–H and O–H groups in total. The van der Waals surface area contributed by atoms with Gasteiger partial charge in [-0.3, -0.25) is 10.5 Å². The van der Waals surface area contributed by atoms with Crippen LogP contribution in [0.15, 0.2) is 21.7 Å². The largest absolute Gasteiger partial charge is 0.504 e. The number of nitrogen functional groups attached to an aromatic ring is 1. The van der Waals surface area contributed by atoms with Crippen molar-refractivity contribution in [2.45, 2.75) is 13.3 Å². The van der Waals surface area contributed by atoms with Crippen LogP contribution in [-0.4, -0.2) is 24.3 Å². The Labute approximate surface area is 145 Å². The second kappa shape index (κ2) is 7.42. The zero-order valence-electron chi connectivity index (χ0n) is 12.5. The highest BCUT2D eigenvalue weighted by atomic mass is 79.9. The van der Waals surface area contributed by atoms with Gasteiger partial charge in [-0.1, -0.05) is 22.9 Å². The van der Waals surface area contributed by atoms with E-state index < -0.39 is 0 Å². The first-order valence-corrected chi connectivity index (χ1v) is 8.27. The van der Waals surface area contributed by atoms with Gasteiger partial charge in [-0.15, -0.1) is 0 Å². The average Bonchev–Trinajstić information content (AvgIpc) is 2.91. The van der Waals surface area contributed by atoms with E-state index in [0.29, 0.717) is 32.2 Å². The Balaban J connectivity index is 2.16. The fraction of sp³-hybridized carbons (Fsp3) is 0.214. The summed E-state index contributed by atoms with van der Waals surface area (Å²) in [5.41, 5.74) is 9.25. The maximum atomic E-state index is 12.1. The van der Waals surface area contributed by atoms with Crippen LogP contribution in [-0.2, 0) is 6.42 Å². The van der Waals surface area contributed by atoms with E-state index in [1.165, 1.54) is 13.3 Å². The molecule has 2 rings (SSSR count). The van der Waals surface area contributed by atoms with Crippen molar-refractivity contribution in [1.82, 2.24) is 5.43 Å². The third-order valence-corrected chi connectivity index (χ3v) is 4.39. The predicted octanol–water partition coefficient (Wildman–Crippen LogP) is 1.95. The molecule has 0 unspecified atom stereocenters. The molecule has 1 aromatic carbocycles. The first-order valence-electron chi connectivity index (χ1n) is 6.66. The number of benzene rings is 1. The predicted molar refractivity (Wildman–Crippen MR) is 92.1 cm³/mol. The summed E-state index contributed by atoms with van der Waals surface area (Å²) < 4.78 is 5.77. The van der Waals surface area contributed by atoms with Crippen molar-refractivity contribution in [3.63, 3.8) is 0 Å². The second-order valence-electron chi connectivity index (χ2n) is 4.50. The van der Waals surface area contributed by atoms with Crippen LogP contribution in [0.2, 0.25) is 0 Å². The first-order chi connectivity index (χ1) is 11.0. The molecule has 0 saturated heterocycles. The number of hydrazone groups is 1. The Bertz CT molecular complexity index is 761. The van der Waals surface area contributed by atoms with Crippen LogP contribution >= 0.6 is 27.3 Å². The standard InChI is InChI=1S/C14H15BrN4O3S/c1-3-9-12(23-14(16)18-9)13(21)19-17-6-7-4-8(15)5-10(22-2)11(7)20/h4-6,20H,3H2,1-2H3,(H2,16,18)(H,19,21)/p+1. The molecular formula is C14H16BrN4O3S+. The van der Waals surface area contributed by atoms with E-state index >= 15 is 0 Å². The van der Waals surface area contributed by atoms with Crippen LogP contribution in [0.3, 0.4) is 0 Å². The van der Waals surface area contributed by atoms with Crippen LogP contribution in [0.1, 0.15) is 27.9 Å². The summed E-state index contributed by atoms with van der Waals surface area (Å²) in [7, 11) is 1.45. The molecule has 7 nitrogen and oxygen atoms in total. The minimum atomic E-state index is -0.363. The average molecular weight is 400 g/mol. The quantitative estimate of drug-likeness (QED) is 0.526. The van der Waals surface area contributed by atoms with Crippen LogP contribution in [0.25, 0.3) is 0 Å². The number of nitrogens with zero attached hydrogens (tertiary/aromatic N) is 1. The van der Waals surface area contributed by atoms with E-state index in [2.05, 4.69) is 31.4 Å². The number of anilines is 1. The molecule has 0 aliphatic carbocycles. The minimum absolute atomic E-state index is 0.0587. The molecule has 1 aromatic heterocycles. The number of phenols is 1. The van der Waals surface area contributed by atoms with E-state index in [1.807, 2.05) is 6.92 Å². The van der Waals surface area contributed by atoms with Gasteiger partial charge in [0.2, 0.25) is 0 Å². The number of thiazole rings is 1. The number of ether oxygens (including phenoxy) is 1. The molecule has 0 radical (unpaired) electrons. The number of carbonyl (C=O) groups excluding carboxylic acids is 1. The van der Waals surface area contributed by atoms with Crippen molar-refractivity contribution < 1.29 is 19.6 Å². The Morgan fingerprint density at radius 3 is 3.00 bits per heavy atom. The number of aromatic nitrogens is 1. The summed E-state index contributed by atoms with van der Waals surface area (Å²) >= 11 is 4.48. The number of aromatic hydroxyl groups is 1. The highest BCUT2D eigenvalue weighted by Gasteiger charge is 2.18. The van der Waals surface area contributed by atoms with Crippen molar-refractivity contribution in [3.05, 3.63) is 32.7 Å². The number of aryl methyl sites for hydroxylation is 1. The lowest BCUT2D eigenvalue weighted by molar-refractivity contribution is -0.366. The lowest BCUT2D eigenvalue weighted by atomic mass is 10.2. The molecule has 0 bridgehead atoms. The summed E-state index contributed by atoms with van der Waals surface area (Å²) in [6.07, 6.45) is 2.00. The molecule has 2 aromatic rings. The fourth-order valence-electron chi connectivity index (χ4n) is 1.89. The number of phenolic OH excluding ortho intramolecular Hbond substituents is 1. The highest BCUT2D eigenvalue weighted by molar-refractivity contribution is 9.10. The summed E-state index contributed by atoms with van der Waals surface area (Å²) in [5, 5.41) is 14.3. The third kappa shape index (κ3) is 3.99. The summed E-state index contributed by atoms with van der Waals surface area (Å²) in [5.74, 6) is -0.116. The second-order valence-corrected chi connectivity index (χ2v) is 6.47. The zero-order valence-corrected chi connectivity index (χ0v) is 14.9. The maximum Gasteiger partial charge on any atom is 0.330 e. The number of aromatic amines is 1. The van der Waals surface area contributed by atoms with Crippen LogP contribution in [0.4, 0.5) is 5.13 Å². The molecular weight excluding hydrogens is 384 g/mol. The molecule has 23 heavy (non-hydrogen) atoms. The molecule has 0 aliphatic heterocycles. The zero-order chi connectivity index (χ0) is 17.0. The number of hydrogen-bond acceptors (Lipinski definition) is 6. The van der Waals surface area contributed by atoms with Crippen LogP contribution in [0, 0.1) is 0 Å². The molecule has 122 valence electrons. The van der Waals surface area contributed by atoms with E-state index in [4.69, 9.17) is 10.5 Å². The van der Waals surface area contributed by atoms with E-state index in [1.54, 1.807) is 12.1 Å². The topological polar surface area (TPSA) is 111 Å². The van der Waals surface area contributed by atoms with E-state index in [9.17, 15) is 9.90 Å². The van der Waals surface area contributed by atoms with Gasteiger partial charge in [0.1, 0.15) is 10.6 Å². The molecule has 0 aliphatic rings. The monoisotopic (exact) mass is 399 g/mol. The summed E-state index contributed by atoms with van der Waals surface area (Å²) in [6.45, 7) is 1.92. The van der Waals surface area contributed by atoms with Gasteiger partial charge in [-0.05, 0) is 23.5 Å². The summed E-state index contributed by atoms with van der Waals surface area (Å²) in [6, 6.07) is 3.28. The lowest BCUT2D eigenvalue weighted by Crippen LogP contribution is -2.20. The van der Waals surface area contributed by atoms with Crippen molar-refractivity contribution in [3.8, 4) is 11.5 Å². The Kier molecular flexibility index (Phi) is 5.56. The lowest BCUT2D eigenvalue weighted by Gasteiger charge is -2.06. The summed E-state index contributed by atoms with van der Waals surface area (Å²) in [4.78, 5) is 15.5. The Morgan fingerprint density at radius 2 is 2.35 bits per heavy atom. The molecule has 1 amide bonds. The molecule has 1 heterocycles. The van der Waals surface area contributed by atoms with Gasteiger partial charge < -0.3 is 9.84 Å². The maximum absolute atomic E-state index is 12.1. The van der Waals surface area contributed by atoms with E-state index in [-0.39, 0.29) is 11.7 Å². The SMILES string of the molecule is CCc1[nH+]c(N)sc1C(=O)NN=Cc1cc(Br)cc(OC)c1O. The number of rotatable bonds is 5. The number of H-pyrrole nitrogens is 1. The minimum Gasteiger partial charge on any atom is -0.504 e. The smallest absolute Gasteiger partial charge is 0.330 e. The Morgan fingerprint density at radius 1 is 1.61 bits per heavy atom. The highest BCUT2D eigenvalue weighted by Crippen LogP contribution is 2.32. The van der Waals surface area contributed by atoms with Gasteiger partial charge in [0.05, 0.1) is 13.3 Å². The van der Waals surface area contributed by atoms with Crippen LogP contribution < -0.4 is 20.9 Å². The normalized spacial score (nSPS) is 10.9. The van der Waals surface area contributed by atoms with Crippen molar-refractivity contribution in [1.29, 1.82) is 0 Å².